The van der Waals surface area contributed by atoms with E-state index in [1.807, 2.05) is 6.07 Å². The van der Waals surface area contributed by atoms with E-state index in [2.05, 4.69) is 6.92 Å². The number of phenolic OH excluding ortho intramolecular Hbond substituents is 1. The second-order valence-electron chi connectivity index (χ2n) is 3.91. The number of hydrogen-bond donors (Lipinski definition) is 1. The van der Waals surface area contributed by atoms with Crippen LogP contribution in [0.2, 0.25) is 0 Å². The van der Waals surface area contributed by atoms with Crippen LogP contribution in [0.15, 0.2) is 12.1 Å². The molecule has 0 spiro atoms. The van der Waals surface area contributed by atoms with Crippen molar-refractivity contribution >= 4 is 0 Å². The Kier molecular flexibility index (Phi) is 2.46. The first kappa shape index (κ1) is 9.53. The SMILES string of the molecule is COC1CCCc2c(C)ccc(O)c21. The Morgan fingerprint density at radius 3 is 2.93 bits per heavy atom. The Labute approximate surface area is 84.5 Å². The van der Waals surface area contributed by atoms with Crippen molar-refractivity contribution in [1.82, 2.24) is 0 Å². The predicted molar refractivity (Wildman–Crippen MR) is 55.5 cm³/mol. The summed E-state index contributed by atoms with van der Waals surface area (Å²) in [5, 5.41) is 9.80. The third-order valence-electron chi connectivity index (χ3n) is 3.07. The van der Waals surface area contributed by atoms with E-state index in [1.54, 1.807) is 13.2 Å². The molecule has 2 rings (SSSR count). The highest BCUT2D eigenvalue weighted by Gasteiger charge is 2.24. The van der Waals surface area contributed by atoms with Crippen molar-refractivity contribution in [2.75, 3.05) is 7.11 Å². The summed E-state index contributed by atoms with van der Waals surface area (Å²) in [7, 11) is 1.71. The fraction of sp³-hybridized carbons (Fsp3) is 0.500. The third-order valence-corrected chi connectivity index (χ3v) is 3.07. The summed E-state index contributed by atoms with van der Waals surface area (Å²) in [5.74, 6) is 0.386. The van der Waals surface area contributed by atoms with E-state index >= 15 is 0 Å². The number of rotatable bonds is 1. The van der Waals surface area contributed by atoms with E-state index in [-0.39, 0.29) is 6.10 Å². The highest BCUT2D eigenvalue weighted by molar-refractivity contribution is 5.46. The van der Waals surface area contributed by atoms with Gasteiger partial charge in [0.15, 0.2) is 0 Å². The maximum Gasteiger partial charge on any atom is 0.121 e. The van der Waals surface area contributed by atoms with E-state index in [9.17, 15) is 5.11 Å². The van der Waals surface area contributed by atoms with Gasteiger partial charge in [-0.05, 0) is 43.4 Å². The minimum atomic E-state index is 0.0821. The molecule has 0 saturated carbocycles. The standard InChI is InChI=1S/C12H16O2/c1-8-6-7-10(13)12-9(8)4-3-5-11(12)14-2/h6-7,11,13H,3-5H2,1-2H3. The molecule has 1 aliphatic rings. The molecule has 76 valence electrons. The van der Waals surface area contributed by atoms with Crippen LogP contribution in [-0.4, -0.2) is 12.2 Å². The van der Waals surface area contributed by atoms with Gasteiger partial charge in [-0.1, -0.05) is 6.07 Å². The molecule has 2 nitrogen and oxygen atoms in total. The lowest BCUT2D eigenvalue weighted by Crippen LogP contribution is -2.12. The van der Waals surface area contributed by atoms with Crippen molar-refractivity contribution in [3.63, 3.8) is 0 Å². The summed E-state index contributed by atoms with van der Waals surface area (Å²) in [6.07, 6.45) is 3.31. The largest absolute Gasteiger partial charge is 0.508 e. The average molecular weight is 192 g/mol. The van der Waals surface area contributed by atoms with Gasteiger partial charge in [-0.25, -0.2) is 0 Å². The predicted octanol–water partition coefficient (Wildman–Crippen LogP) is 2.72. The van der Waals surface area contributed by atoms with Crippen molar-refractivity contribution in [2.24, 2.45) is 0 Å². The van der Waals surface area contributed by atoms with Crippen LogP contribution in [-0.2, 0) is 11.2 Å². The van der Waals surface area contributed by atoms with E-state index in [1.165, 1.54) is 11.1 Å². The monoisotopic (exact) mass is 192 g/mol. The van der Waals surface area contributed by atoms with Crippen LogP contribution >= 0.6 is 0 Å². The minimum absolute atomic E-state index is 0.0821. The molecule has 1 aromatic rings. The van der Waals surface area contributed by atoms with Gasteiger partial charge < -0.3 is 9.84 Å². The molecule has 0 aromatic heterocycles. The van der Waals surface area contributed by atoms with Crippen LogP contribution < -0.4 is 0 Å². The van der Waals surface area contributed by atoms with Gasteiger partial charge in [-0.15, -0.1) is 0 Å². The van der Waals surface area contributed by atoms with Crippen molar-refractivity contribution in [3.8, 4) is 5.75 Å². The van der Waals surface area contributed by atoms with Crippen molar-refractivity contribution in [2.45, 2.75) is 32.3 Å². The number of aryl methyl sites for hydroxylation is 1. The molecule has 1 N–H and O–H groups in total. The summed E-state index contributed by atoms with van der Waals surface area (Å²) >= 11 is 0. The average Bonchev–Trinajstić information content (AvgIpc) is 2.23. The topological polar surface area (TPSA) is 29.5 Å². The lowest BCUT2D eigenvalue weighted by atomic mass is 9.86. The fourth-order valence-electron chi connectivity index (χ4n) is 2.30. The highest BCUT2D eigenvalue weighted by Crippen LogP contribution is 2.39. The number of ether oxygens (including phenoxy) is 1. The molecule has 0 heterocycles. The molecule has 1 atom stereocenters. The van der Waals surface area contributed by atoms with Gasteiger partial charge >= 0.3 is 0 Å². The summed E-state index contributed by atoms with van der Waals surface area (Å²) in [5.41, 5.74) is 3.56. The molecule has 0 aliphatic heterocycles. The molecule has 1 unspecified atom stereocenters. The quantitative estimate of drug-likeness (QED) is 0.741. The Bertz CT molecular complexity index is 344. The number of aromatic hydroxyl groups is 1. The second kappa shape index (κ2) is 3.62. The summed E-state index contributed by atoms with van der Waals surface area (Å²) in [6, 6.07) is 3.75. The normalized spacial score (nSPS) is 20.6. The van der Waals surface area contributed by atoms with Crippen molar-refractivity contribution in [3.05, 3.63) is 28.8 Å². The zero-order valence-electron chi connectivity index (χ0n) is 8.71. The molecule has 0 radical (unpaired) electrons. The van der Waals surface area contributed by atoms with Gasteiger partial charge in [0.1, 0.15) is 5.75 Å². The molecule has 0 saturated heterocycles. The Hall–Kier alpha value is -1.02. The number of fused-ring (bicyclic) bond motifs is 1. The summed E-state index contributed by atoms with van der Waals surface area (Å²) < 4.78 is 5.39. The van der Waals surface area contributed by atoms with E-state index < -0.39 is 0 Å². The van der Waals surface area contributed by atoms with E-state index in [0.29, 0.717) is 5.75 Å². The number of methoxy groups -OCH3 is 1. The van der Waals surface area contributed by atoms with Crippen molar-refractivity contribution in [1.29, 1.82) is 0 Å². The zero-order chi connectivity index (χ0) is 10.1. The number of hydrogen-bond acceptors (Lipinski definition) is 2. The molecule has 0 bridgehead atoms. The Balaban J connectivity index is 2.55. The van der Waals surface area contributed by atoms with Gasteiger partial charge in [-0.2, -0.15) is 0 Å². The minimum Gasteiger partial charge on any atom is -0.508 e. The van der Waals surface area contributed by atoms with Crippen LogP contribution in [0.1, 0.15) is 35.6 Å². The van der Waals surface area contributed by atoms with Crippen LogP contribution in [0.5, 0.6) is 5.75 Å². The smallest absolute Gasteiger partial charge is 0.121 e. The van der Waals surface area contributed by atoms with Gasteiger partial charge in [-0.3, -0.25) is 0 Å². The van der Waals surface area contributed by atoms with Gasteiger partial charge in [0.2, 0.25) is 0 Å². The van der Waals surface area contributed by atoms with E-state index in [0.717, 1.165) is 24.8 Å². The number of phenols is 1. The first-order valence-corrected chi connectivity index (χ1v) is 5.08. The molecule has 2 heteroatoms. The molecule has 1 aliphatic carbocycles. The lowest BCUT2D eigenvalue weighted by Gasteiger charge is -2.26. The summed E-state index contributed by atoms with van der Waals surface area (Å²) in [4.78, 5) is 0. The van der Waals surface area contributed by atoms with Crippen LogP contribution in [0, 0.1) is 6.92 Å². The van der Waals surface area contributed by atoms with Gasteiger partial charge in [0.25, 0.3) is 0 Å². The maximum atomic E-state index is 9.80. The molecular weight excluding hydrogens is 176 g/mol. The number of benzene rings is 1. The Morgan fingerprint density at radius 2 is 2.21 bits per heavy atom. The highest BCUT2D eigenvalue weighted by atomic mass is 16.5. The molecule has 14 heavy (non-hydrogen) atoms. The molecular formula is C12H16O2. The second-order valence-corrected chi connectivity index (χ2v) is 3.91. The fourth-order valence-corrected chi connectivity index (χ4v) is 2.30. The zero-order valence-corrected chi connectivity index (χ0v) is 8.71. The van der Waals surface area contributed by atoms with Crippen LogP contribution in [0.3, 0.4) is 0 Å². The third kappa shape index (κ3) is 1.40. The molecule has 0 fully saturated rings. The van der Waals surface area contributed by atoms with Crippen LogP contribution in [0.25, 0.3) is 0 Å². The van der Waals surface area contributed by atoms with Crippen molar-refractivity contribution < 1.29 is 9.84 Å². The maximum absolute atomic E-state index is 9.80. The Morgan fingerprint density at radius 1 is 1.43 bits per heavy atom. The van der Waals surface area contributed by atoms with Gasteiger partial charge in [0.05, 0.1) is 6.10 Å². The summed E-state index contributed by atoms with van der Waals surface area (Å²) in [6.45, 7) is 2.09. The van der Waals surface area contributed by atoms with E-state index in [4.69, 9.17) is 4.74 Å². The first-order valence-electron chi connectivity index (χ1n) is 5.08. The van der Waals surface area contributed by atoms with Crippen LogP contribution in [0.4, 0.5) is 0 Å². The molecule has 0 amide bonds. The first-order chi connectivity index (χ1) is 6.74. The van der Waals surface area contributed by atoms with Gasteiger partial charge in [0, 0.05) is 12.7 Å². The lowest BCUT2D eigenvalue weighted by molar-refractivity contribution is 0.0856. The molecule has 1 aromatic carbocycles.